The van der Waals surface area contributed by atoms with E-state index in [0.29, 0.717) is 35.2 Å². The first-order valence-electron chi connectivity index (χ1n) is 6.86. The summed E-state index contributed by atoms with van der Waals surface area (Å²) in [5.41, 5.74) is 7.08. The van der Waals surface area contributed by atoms with Gasteiger partial charge >= 0.3 is 5.97 Å². The second kappa shape index (κ2) is 6.37. The summed E-state index contributed by atoms with van der Waals surface area (Å²) >= 11 is 0. The Hall–Kier alpha value is -2.05. The monoisotopic (exact) mass is 324 g/mol. The molecule has 118 valence electrons. The molecule has 0 bridgehead atoms. The largest absolute Gasteiger partial charge is 0.488 e. The molecule has 22 heavy (non-hydrogen) atoms. The smallest absolute Gasteiger partial charge is 0.340 e. The Kier molecular flexibility index (Phi) is 4.73. The molecule has 0 saturated carbocycles. The van der Waals surface area contributed by atoms with Gasteiger partial charge in [0.25, 0.3) is 0 Å². The fraction of sp³-hybridized carbons (Fsp3) is 0.333. The number of rotatable bonds is 3. The zero-order chi connectivity index (χ0) is 15.0. The van der Waals surface area contributed by atoms with Gasteiger partial charge in [0, 0.05) is 24.4 Å². The Labute approximate surface area is 133 Å². The fourth-order valence-corrected chi connectivity index (χ4v) is 2.61. The van der Waals surface area contributed by atoms with Gasteiger partial charge in [-0.1, -0.05) is 0 Å². The molecule has 2 heterocycles. The minimum atomic E-state index is -0.455. The lowest BCUT2D eigenvalue weighted by atomic mass is 10.0. The number of carbonyl (C=O) groups excluding carboxylic acids is 1. The van der Waals surface area contributed by atoms with Crippen molar-refractivity contribution in [2.24, 2.45) is 5.73 Å². The predicted molar refractivity (Wildman–Crippen MR) is 84.9 cm³/mol. The number of hydrogen-bond acceptors (Lipinski definition) is 5. The van der Waals surface area contributed by atoms with Crippen LogP contribution < -0.4 is 16.0 Å². The van der Waals surface area contributed by atoms with Crippen molar-refractivity contribution in [3.63, 3.8) is 0 Å². The molecule has 1 aliphatic rings. The first-order valence-corrected chi connectivity index (χ1v) is 6.86. The normalized spacial score (nSPS) is 15.8. The molecule has 1 aromatic heterocycles. The molecule has 1 aromatic carbocycles. The summed E-state index contributed by atoms with van der Waals surface area (Å²) in [6, 6.07) is 4.80. The highest BCUT2D eigenvalue weighted by atomic mass is 35.5. The van der Waals surface area contributed by atoms with E-state index in [9.17, 15) is 9.59 Å². The number of aromatic amines is 1. The number of benzene rings is 1. The summed E-state index contributed by atoms with van der Waals surface area (Å²) in [7, 11) is 0. The Morgan fingerprint density at radius 2 is 2.27 bits per heavy atom. The predicted octanol–water partition coefficient (Wildman–Crippen LogP) is 1.39. The number of ether oxygens (including phenoxy) is 2. The third-order valence-corrected chi connectivity index (χ3v) is 3.53. The minimum Gasteiger partial charge on any atom is -0.488 e. The molecule has 0 amide bonds. The van der Waals surface area contributed by atoms with Crippen molar-refractivity contribution < 1.29 is 14.3 Å². The molecule has 6 nitrogen and oxygen atoms in total. The van der Waals surface area contributed by atoms with Gasteiger partial charge in [-0.25, -0.2) is 4.79 Å². The lowest BCUT2D eigenvalue weighted by Gasteiger charge is -2.10. The van der Waals surface area contributed by atoms with E-state index in [1.807, 2.05) is 0 Å². The maximum atomic E-state index is 12.1. The number of aromatic nitrogens is 1. The number of halogens is 1. The van der Waals surface area contributed by atoms with Crippen molar-refractivity contribution in [3.8, 4) is 5.75 Å². The summed E-state index contributed by atoms with van der Waals surface area (Å²) in [6.45, 7) is 2.41. The van der Waals surface area contributed by atoms with Crippen LogP contribution in [0.15, 0.2) is 23.0 Å². The number of fused-ring (bicyclic) bond motifs is 3. The molecule has 1 aliphatic heterocycles. The molecule has 1 unspecified atom stereocenters. The first-order chi connectivity index (χ1) is 10.1. The SMILES string of the molecule is CCOC(=O)c1cc2c(c3ccc(=O)[nH]c13)OC(CN)C2.Cl. The Bertz CT molecular complexity index is 772. The van der Waals surface area contributed by atoms with Crippen LogP contribution in [-0.4, -0.2) is 30.2 Å². The van der Waals surface area contributed by atoms with E-state index in [4.69, 9.17) is 15.2 Å². The van der Waals surface area contributed by atoms with Crippen molar-refractivity contribution in [1.82, 2.24) is 4.98 Å². The van der Waals surface area contributed by atoms with Crippen molar-refractivity contribution in [3.05, 3.63) is 39.7 Å². The van der Waals surface area contributed by atoms with Crippen LogP contribution in [-0.2, 0) is 11.2 Å². The van der Waals surface area contributed by atoms with E-state index in [1.165, 1.54) is 6.07 Å². The van der Waals surface area contributed by atoms with Crippen LogP contribution in [0.4, 0.5) is 0 Å². The third kappa shape index (κ3) is 2.67. The molecule has 0 radical (unpaired) electrons. The number of esters is 1. The van der Waals surface area contributed by atoms with E-state index >= 15 is 0 Å². The van der Waals surface area contributed by atoms with E-state index in [2.05, 4.69) is 4.98 Å². The lowest BCUT2D eigenvalue weighted by Crippen LogP contribution is -2.24. The van der Waals surface area contributed by atoms with Gasteiger partial charge in [-0.2, -0.15) is 0 Å². The van der Waals surface area contributed by atoms with Gasteiger partial charge in [0.15, 0.2) is 0 Å². The average molecular weight is 325 g/mol. The Morgan fingerprint density at radius 1 is 1.50 bits per heavy atom. The first kappa shape index (κ1) is 16.3. The molecular weight excluding hydrogens is 308 g/mol. The average Bonchev–Trinajstić information content (AvgIpc) is 2.89. The molecule has 0 spiro atoms. The van der Waals surface area contributed by atoms with Gasteiger partial charge in [0.1, 0.15) is 11.9 Å². The summed E-state index contributed by atoms with van der Waals surface area (Å²) < 4.78 is 10.9. The Morgan fingerprint density at radius 3 is 2.95 bits per heavy atom. The molecule has 1 atom stereocenters. The van der Waals surface area contributed by atoms with E-state index in [0.717, 1.165) is 5.56 Å². The fourth-order valence-electron chi connectivity index (χ4n) is 2.61. The minimum absolute atomic E-state index is 0. The molecule has 0 saturated heterocycles. The quantitative estimate of drug-likeness (QED) is 0.832. The number of pyridine rings is 1. The summed E-state index contributed by atoms with van der Waals surface area (Å²) in [5.74, 6) is 0.230. The third-order valence-electron chi connectivity index (χ3n) is 3.53. The molecule has 0 aliphatic carbocycles. The van der Waals surface area contributed by atoms with Gasteiger partial charge in [-0.05, 0) is 24.6 Å². The van der Waals surface area contributed by atoms with Crippen LogP contribution >= 0.6 is 12.4 Å². The second-order valence-corrected chi connectivity index (χ2v) is 4.92. The second-order valence-electron chi connectivity index (χ2n) is 4.92. The van der Waals surface area contributed by atoms with Crippen LogP contribution in [0, 0.1) is 0 Å². The van der Waals surface area contributed by atoms with Gasteiger partial charge in [-0.3, -0.25) is 4.79 Å². The van der Waals surface area contributed by atoms with Crippen LogP contribution in [0.3, 0.4) is 0 Å². The zero-order valence-corrected chi connectivity index (χ0v) is 12.9. The summed E-state index contributed by atoms with van der Waals surface area (Å²) in [6.07, 6.45) is 0.542. The number of nitrogens with two attached hydrogens (primary N) is 1. The van der Waals surface area contributed by atoms with E-state index < -0.39 is 5.97 Å². The molecule has 7 heteroatoms. The van der Waals surface area contributed by atoms with Gasteiger partial charge in [-0.15, -0.1) is 12.4 Å². The van der Waals surface area contributed by atoms with Crippen LogP contribution in [0.5, 0.6) is 5.75 Å². The number of nitrogens with one attached hydrogen (secondary N) is 1. The van der Waals surface area contributed by atoms with Crippen LogP contribution in [0.25, 0.3) is 10.9 Å². The molecule has 2 aromatic rings. The van der Waals surface area contributed by atoms with Crippen molar-refractivity contribution >= 4 is 29.3 Å². The van der Waals surface area contributed by atoms with Crippen molar-refractivity contribution in [2.75, 3.05) is 13.2 Å². The van der Waals surface area contributed by atoms with Gasteiger partial charge in [0.2, 0.25) is 5.56 Å². The van der Waals surface area contributed by atoms with Crippen LogP contribution in [0.2, 0.25) is 0 Å². The highest BCUT2D eigenvalue weighted by Crippen LogP contribution is 2.37. The van der Waals surface area contributed by atoms with Crippen LogP contribution in [0.1, 0.15) is 22.8 Å². The topological polar surface area (TPSA) is 94.4 Å². The van der Waals surface area contributed by atoms with Gasteiger partial charge < -0.3 is 20.2 Å². The summed E-state index contributed by atoms with van der Waals surface area (Å²) in [4.78, 5) is 26.4. The number of carbonyl (C=O) groups is 1. The van der Waals surface area contributed by atoms with E-state index in [1.54, 1.807) is 19.1 Å². The standard InChI is InChI=1S/C15H16N2O4.ClH/c1-2-20-15(19)11-6-8-5-9(7-16)21-14(8)10-3-4-12(18)17-13(10)11;/h3-4,6,9H,2,5,7,16H2,1H3,(H,17,18);1H. The van der Waals surface area contributed by atoms with Gasteiger partial charge in [0.05, 0.1) is 17.7 Å². The molecular formula is C15H17ClN2O4. The molecule has 0 fully saturated rings. The van der Waals surface area contributed by atoms with Crippen molar-refractivity contribution in [1.29, 1.82) is 0 Å². The molecule has 3 rings (SSSR count). The lowest BCUT2D eigenvalue weighted by molar-refractivity contribution is 0.0528. The highest BCUT2D eigenvalue weighted by molar-refractivity contribution is 6.05. The Balaban J connectivity index is 0.00000176. The maximum absolute atomic E-state index is 12.1. The van der Waals surface area contributed by atoms with Crippen molar-refractivity contribution in [2.45, 2.75) is 19.4 Å². The maximum Gasteiger partial charge on any atom is 0.340 e. The zero-order valence-electron chi connectivity index (χ0n) is 12.0. The molecule has 3 N–H and O–H groups in total. The highest BCUT2D eigenvalue weighted by Gasteiger charge is 2.27. The van der Waals surface area contributed by atoms with E-state index in [-0.39, 0.29) is 30.7 Å². The number of H-pyrrole nitrogens is 1. The summed E-state index contributed by atoms with van der Waals surface area (Å²) in [5, 5.41) is 0.700. The number of hydrogen-bond donors (Lipinski definition) is 2.